The first-order valence-electron chi connectivity index (χ1n) is 7.64. The van der Waals surface area contributed by atoms with Crippen molar-refractivity contribution in [1.29, 1.82) is 5.26 Å². The van der Waals surface area contributed by atoms with Crippen molar-refractivity contribution >= 4 is 5.82 Å². The van der Waals surface area contributed by atoms with Crippen LogP contribution < -0.4 is 10.2 Å². The number of anilines is 1. The van der Waals surface area contributed by atoms with Gasteiger partial charge in [0.05, 0.1) is 5.56 Å². The third-order valence-corrected chi connectivity index (χ3v) is 5.33. The van der Waals surface area contributed by atoms with Crippen LogP contribution in [-0.4, -0.2) is 30.2 Å². The van der Waals surface area contributed by atoms with E-state index in [1.165, 1.54) is 32.1 Å². The Morgan fingerprint density at radius 1 is 1.30 bits per heavy atom. The van der Waals surface area contributed by atoms with E-state index in [1.54, 1.807) is 6.20 Å². The van der Waals surface area contributed by atoms with Crippen molar-refractivity contribution in [2.24, 2.45) is 5.41 Å². The van der Waals surface area contributed by atoms with Crippen LogP contribution in [0.1, 0.15) is 37.7 Å². The van der Waals surface area contributed by atoms with Gasteiger partial charge in [0, 0.05) is 31.4 Å². The summed E-state index contributed by atoms with van der Waals surface area (Å²) in [7, 11) is 0. The van der Waals surface area contributed by atoms with Gasteiger partial charge in [-0.25, -0.2) is 4.98 Å². The van der Waals surface area contributed by atoms with Crippen LogP contribution in [0.3, 0.4) is 0 Å². The van der Waals surface area contributed by atoms with Crippen LogP contribution in [0.15, 0.2) is 18.3 Å². The first-order chi connectivity index (χ1) is 9.76. The fourth-order valence-corrected chi connectivity index (χ4v) is 4.46. The number of nitriles is 1. The highest BCUT2D eigenvalue weighted by atomic mass is 15.2. The van der Waals surface area contributed by atoms with Gasteiger partial charge in [-0.2, -0.15) is 5.26 Å². The van der Waals surface area contributed by atoms with E-state index in [0.29, 0.717) is 11.0 Å². The first kappa shape index (κ1) is 12.2. The van der Waals surface area contributed by atoms with E-state index in [-0.39, 0.29) is 0 Å². The van der Waals surface area contributed by atoms with Crippen LogP contribution in [0.4, 0.5) is 5.82 Å². The molecule has 2 unspecified atom stereocenters. The van der Waals surface area contributed by atoms with E-state index < -0.39 is 0 Å². The molecule has 0 aliphatic carbocycles. The number of rotatable bonds is 1. The number of fused-ring (bicyclic) bond motifs is 2. The van der Waals surface area contributed by atoms with Crippen LogP contribution >= 0.6 is 0 Å². The average molecular weight is 268 g/mol. The maximum atomic E-state index is 8.85. The van der Waals surface area contributed by atoms with E-state index in [9.17, 15) is 0 Å². The van der Waals surface area contributed by atoms with Gasteiger partial charge >= 0.3 is 0 Å². The fraction of sp³-hybridized carbons (Fsp3) is 0.625. The molecule has 104 valence electrons. The number of pyridine rings is 1. The van der Waals surface area contributed by atoms with E-state index in [4.69, 9.17) is 5.26 Å². The van der Waals surface area contributed by atoms with Crippen molar-refractivity contribution in [2.45, 2.75) is 44.2 Å². The van der Waals surface area contributed by atoms with Gasteiger partial charge in [0.1, 0.15) is 11.9 Å². The molecule has 0 radical (unpaired) electrons. The number of piperidine rings is 1. The molecule has 1 N–H and O–H groups in total. The number of hydrogen-bond donors (Lipinski definition) is 1. The largest absolute Gasteiger partial charge is 0.356 e. The lowest BCUT2D eigenvalue weighted by Gasteiger charge is -2.38. The molecular formula is C16H20N4. The second-order valence-corrected chi connectivity index (χ2v) is 6.73. The molecule has 4 heterocycles. The molecule has 2 bridgehead atoms. The maximum Gasteiger partial charge on any atom is 0.128 e. The molecule has 3 fully saturated rings. The van der Waals surface area contributed by atoms with E-state index in [2.05, 4.69) is 21.3 Å². The minimum atomic E-state index is 0.507. The molecule has 4 nitrogen and oxygen atoms in total. The summed E-state index contributed by atoms with van der Waals surface area (Å²) in [6, 6.07) is 7.50. The van der Waals surface area contributed by atoms with Crippen LogP contribution in [0.5, 0.6) is 0 Å². The summed E-state index contributed by atoms with van der Waals surface area (Å²) in [6.07, 6.45) is 8.37. The van der Waals surface area contributed by atoms with E-state index in [0.717, 1.165) is 31.0 Å². The minimum absolute atomic E-state index is 0.507. The Morgan fingerprint density at radius 3 is 2.75 bits per heavy atom. The van der Waals surface area contributed by atoms with Gasteiger partial charge in [0.25, 0.3) is 0 Å². The van der Waals surface area contributed by atoms with E-state index in [1.807, 2.05) is 12.1 Å². The lowest BCUT2D eigenvalue weighted by atomic mass is 9.75. The Kier molecular flexibility index (Phi) is 2.71. The molecule has 20 heavy (non-hydrogen) atoms. The molecule has 3 aliphatic rings. The summed E-state index contributed by atoms with van der Waals surface area (Å²) in [5.74, 6) is 1.03. The molecule has 3 aliphatic heterocycles. The molecule has 0 saturated carbocycles. The molecule has 0 aromatic carbocycles. The average Bonchev–Trinajstić information content (AvgIpc) is 3.03. The number of nitrogens with zero attached hydrogens (tertiary/aromatic N) is 3. The predicted molar refractivity (Wildman–Crippen MR) is 77.4 cm³/mol. The van der Waals surface area contributed by atoms with Crippen LogP contribution in [0.2, 0.25) is 0 Å². The van der Waals surface area contributed by atoms with Gasteiger partial charge in [-0.3, -0.25) is 0 Å². The summed E-state index contributed by atoms with van der Waals surface area (Å²) in [4.78, 5) is 6.86. The van der Waals surface area contributed by atoms with Crippen molar-refractivity contribution in [1.82, 2.24) is 10.3 Å². The normalized spacial score (nSPS) is 35.5. The van der Waals surface area contributed by atoms with E-state index >= 15 is 0 Å². The molecule has 1 spiro atoms. The first-order valence-corrected chi connectivity index (χ1v) is 7.64. The highest BCUT2D eigenvalue weighted by Gasteiger charge is 2.47. The van der Waals surface area contributed by atoms with Crippen LogP contribution in [-0.2, 0) is 0 Å². The molecule has 1 aromatic heterocycles. The zero-order chi connectivity index (χ0) is 13.6. The van der Waals surface area contributed by atoms with Crippen LogP contribution in [0.25, 0.3) is 0 Å². The molecule has 3 saturated heterocycles. The molecule has 4 heteroatoms. The number of aromatic nitrogens is 1. The Morgan fingerprint density at radius 2 is 2.10 bits per heavy atom. The quantitative estimate of drug-likeness (QED) is 0.847. The van der Waals surface area contributed by atoms with Crippen molar-refractivity contribution in [3.8, 4) is 6.07 Å². The smallest absolute Gasteiger partial charge is 0.128 e. The Bertz CT molecular complexity index is 533. The third kappa shape index (κ3) is 1.97. The van der Waals surface area contributed by atoms with Crippen molar-refractivity contribution in [2.75, 3.05) is 18.0 Å². The van der Waals surface area contributed by atoms with Gasteiger partial charge in [0.2, 0.25) is 0 Å². The zero-order valence-corrected chi connectivity index (χ0v) is 11.7. The lowest BCUT2D eigenvalue weighted by Crippen LogP contribution is -2.45. The summed E-state index contributed by atoms with van der Waals surface area (Å²) in [5, 5.41) is 12.6. The molecule has 1 aromatic rings. The molecule has 4 rings (SSSR count). The number of nitrogens with one attached hydrogen (secondary N) is 1. The van der Waals surface area contributed by atoms with Gasteiger partial charge < -0.3 is 10.2 Å². The van der Waals surface area contributed by atoms with Crippen LogP contribution in [0, 0.1) is 16.7 Å². The van der Waals surface area contributed by atoms with Gasteiger partial charge in [-0.05, 0) is 49.7 Å². The monoisotopic (exact) mass is 268 g/mol. The topological polar surface area (TPSA) is 52.0 Å². The summed E-state index contributed by atoms with van der Waals surface area (Å²) in [5.41, 5.74) is 1.15. The van der Waals surface area contributed by atoms with Gasteiger partial charge in [-0.1, -0.05) is 0 Å². The highest BCUT2D eigenvalue weighted by molar-refractivity contribution is 5.43. The second-order valence-electron chi connectivity index (χ2n) is 6.73. The SMILES string of the molecule is N#Cc1ccc(N2CCC3(CC4CCC(C3)N4)C2)nc1. The summed E-state index contributed by atoms with van der Waals surface area (Å²) < 4.78 is 0. The van der Waals surface area contributed by atoms with Gasteiger partial charge in [0.15, 0.2) is 0 Å². The minimum Gasteiger partial charge on any atom is -0.356 e. The third-order valence-electron chi connectivity index (χ3n) is 5.33. The fourth-order valence-electron chi connectivity index (χ4n) is 4.46. The van der Waals surface area contributed by atoms with Crippen molar-refractivity contribution < 1.29 is 0 Å². The Hall–Kier alpha value is -1.60. The Labute approximate surface area is 119 Å². The zero-order valence-electron chi connectivity index (χ0n) is 11.7. The molecule has 2 atom stereocenters. The summed E-state index contributed by atoms with van der Waals surface area (Å²) >= 11 is 0. The predicted octanol–water partition coefficient (Wildman–Crippen LogP) is 2.06. The molecule has 0 amide bonds. The van der Waals surface area contributed by atoms with Gasteiger partial charge in [-0.15, -0.1) is 0 Å². The summed E-state index contributed by atoms with van der Waals surface area (Å²) in [6.45, 7) is 2.25. The highest BCUT2D eigenvalue weighted by Crippen LogP contribution is 2.46. The van der Waals surface area contributed by atoms with Crippen molar-refractivity contribution in [3.05, 3.63) is 23.9 Å². The maximum absolute atomic E-state index is 8.85. The molecular weight excluding hydrogens is 248 g/mol. The lowest BCUT2D eigenvalue weighted by molar-refractivity contribution is 0.184. The standard InChI is InChI=1S/C16H20N4/c17-9-12-1-4-15(18-10-12)20-6-5-16(11-20)7-13-2-3-14(8-16)19-13/h1,4,10,13-14,19H,2-3,5-8,11H2. The van der Waals surface area contributed by atoms with Crippen molar-refractivity contribution in [3.63, 3.8) is 0 Å². The second kappa shape index (κ2) is 4.46. The Balaban J connectivity index is 1.51. The number of hydrogen-bond acceptors (Lipinski definition) is 4.